The molecular weight excluding hydrogens is 438 g/mol. The van der Waals surface area contributed by atoms with Gasteiger partial charge in [-0.25, -0.2) is 0 Å². The molecule has 0 aromatic heterocycles. The molecule has 0 saturated carbocycles. The highest BCUT2D eigenvalue weighted by molar-refractivity contribution is 5.82. The Kier molecular flexibility index (Phi) is 8.66. The minimum Gasteiger partial charge on any atom is -0.493 e. The third-order valence-electron chi connectivity index (χ3n) is 6.99. The molecule has 3 aromatic carbocycles. The summed E-state index contributed by atoms with van der Waals surface area (Å²) in [5.74, 6) is 1.27. The van der Waals surface area contributed by atoms with Gasteiger partial charge >= 0.3 is 0 Å². The van der Waals surface area contributed by atoms with E-state index in [1.165, 1.54) is 28.3 Å². The Morgan fingerprint density at radius 1 is 0.857 bits per heavy atom. The normalized spacial score (nSPS) is 22.8. The van der Waals surface area contributed by atoms with E-state index < -0.39 is 0 Å². The second kappa shape index (κ2) is 12.5. The molecule has 3 atom stereocenters. The van der Waals surface area contributed by atoms with Crippen molar-refractivity contribution in [3.63, 3.8) is 0 Å². The molecule has 35 heavy (non-hydrogen) atoms. The Balaban J connectivity index is 1.13. The van der Waals surface area contributed by atoms with Crippen molar-refractivity contribution in [1.29, 1.82) is 0 Å². The van der Waals surface area contributed by atoms with Crippen molar-refractivity contribution < 1.29 is 18.9 Å². The summed E-state index contributed by atoms with van der Waals surface area (Å²) in [6.45, 7) is 4.62. The number of nitrogens with one attached hydrogen (secondary N) is 1. The average Bonchev–Trinajstić information content (AvgIpc) is 2.92. The predicted octanol–water partition coefficient (Wildman–Crippen LogP) is 5.81. The van der Waals surface area contributed by atoms with Gasteiger partial charge in [-0.1, -0.05) is 48.5 Å². The van der Waals surface area contributed by atoms with Crippen LogP contribution in [0, 0.1) is 0 Å². The number of hydrogen-bond acceptors (Lipinski definition) is 5. The standard InChI is InChI=1S/C30H37NO4/c1-2-8-25-19-23(12-13-24(25)7-1)22-35-29-21-31-15-14-28(29)26-9-5-10-27(20-26)32-17-6-18-34-30-11-3-4-16-33-30/h1-2,5,7-10,12-13,19-20,28-31H,3-4,6,11,14-18,21-22H2. The summed E-state index contributed by atoms with van der Waals surface area (Å²) in [4.78, 5) is 0. The fourth-order valence-electron chi connectivity index (χ4n) is 5.06. The topological polar surface area (TPSA) is 49.0 Å². The molecule has 0 spiro atoms. The second-order valence-corrected chi connectivity index (χ2v) is 9.57. The third kappa shape index (κ3) is 6.83. The molecule has 3 unspecified atom stereocenters. The van der Waals surface area contributed by atoms with Gasteiger partial charge in [-0.2, -0.15) is 0 Å². The smallest absolute Gasteiger partial charge is 0.157 e. The molecule has 5 heteroatoms. The van der Waals surface area contributed by atoms with Crippen molar-refractivity contribution in [2.45, 2.75) is 57.0 Å². The van der Waals surface area contributed by atoms with E-state index in [2.05, 4.69) is 66.0 Å². The van der Waals surface area contributed by atoms with Gasteiger partial charge in [-0.15, -0.1) is 0 Å². The van der Waals surface area contributed by atoms with Crippen LogP contribution in [0.15, 0.2) is 66.7 Å². The molecule has 5 nitrogen and oxygen atoms in total. The monoisotopic (exact) mass is 475 g/mol. The first-order valence-electron chi connectivity index (χ1n) is 13.1. The first-order valence-corrected chi connectivity index (χ1v) is 13.1. The summed E-state index contributed by atoms with van der Waals surface area (Å²) in [5, 5.41) is 6.03. The lowest BCUT2D eigenvalue weighted by Crippen LogP contribution is -2.40. The number of benzene rings is 3. The van der Waals surface area contributed by atoms with Crippen LogP contribution in [0.2, 0.25) is 0 Å². The van der Waals surface area contributed by atoms with Gasteiger partial charge < -0.3 is 24.3 Å². The molecule has 5 rings (SSSR count). The highest BCUT2D eigenvalue weighted by atomic mass is 16.7. The number of fused-ring (bicyclic) bond motifs is 1. The Morgan fingerprint density at radius 3 is 2.71 bits per heavy atom. The van der Waals surface area contributed by atoms with Crippen LogP contribution in [-0.2, 0) is 20.8 Å². The van der Waals surface area contributed by atoms with E-state index in [9.17, 15) is 0 Å². The molecule has 2 fully saturated rings. The zero-order chi connectivity index (χ0) is 23.7. The summed E-state index contributed by atoms with van der Waals surface area (Å²) < 4.78 is 24.0. The SMILES string of the molecule is c1cc(OCCCOC2CCCCO2)cc(C2CCNCC2OCc2ccc3ccccc3c2)c1. The molecule has 186 valence electrons. The van der Waals surface area contributed by atoms with Gasteiger partial charge in [-0.05, 0) is 72.3 Å². The highest BCUT2D eigenvalue weighted by Crippen LogP contribution is 2.31. The predicted molar refractivity (Wildman–Crippen MR) is 139 cm³/mol. The van der Waals surface area contributed by atoms with Crippen molar-refractivity contribution in [1.82, 2.24) is 5.32 Å². The van der Waals surface area contributed by atoms with Crippen LogP contribution in [0.5, 0.6) is 5.75 Å². The maximum absolute atomic E-state index is 6.46. The molecule has 0 bridgehead atoms. The minimum atomic E-state index is -0.0291. The highest BCUT2D eigenvalue weighted by Gasteiger charge is 2.27. The van der Waals surface area contributed by atoms with Crippen molar-refractivity contribution in [3.05, 3.63) is 77.9 Å². The van der Waals surface area contributed by atoms with Gasteiger partial charge in [0.1, 0.15) is 5.75 Å². The maximum atomic E-state index is 6.46. The lowest BCUT2D eigenvalue weighted by molar-refractivity contribution is -0.163. The molecule has 0 aliphatic carbocycles. The van der Waals surface area contributed by atoms with Crippen LogP contribution in [0.1, 0.15) is 49.1 Å². The zero-order valence-electron chi connectivity index (χ0n) is 20.5. The number of rotatable bonds is 10. The molecule has 2 heterocycles. The molecule has 2 aliphatic rings. The van der Waals surface area contributed by atoms with Crippen LogP contribution in [0.3, 0.4) is 0 Å². The Bertz CT molecular complexity index is 1060. The van der Waals surface area contributed by atoms with E-state index in [-0.39, 0.29) is 12.4 Å². The van der Waals surface area contributed by atoms with Crippen molar-refractivity contribution >= 4 is 10.8 Å². The summed E-state index contributed by atoms with van der Waals surface area (Å²) in [6, 6.07) is 23.6. The van der Waals surface area contributed by atoms with Crippen molar-refractivity contribution in [2.24, 2.45) is 0 Å². The van der Waals surface area contributed by atoms with Gasteiger partial charge in [0, 0.05) is 25.5 Å². The third-order valence-corrected chi connectivity index (χ3v) is 6.99. The van der Waals surface area contributed by atoms with E-state index >= 15 is 0 Å². The quantitative estimate of drug-likeness (QED) is 0.375. The van der Waals surface area contributed by atoms with Crippen molar-refractivity contribution in [3.8, 4) is 5.75 Å². The van der Waals surface area contributed by atoms with Gasteiger partial charge in [0.15, 0.2) is 6.29 Å². The van der Waals surface area contributed by atoms with E-state index in [4.69, 9.17) is 18.9 Å². The van der Waals surface area contributed by atoms with Crippen LogP contribution >= 0.6 is 0 Å². The fourth-order valence-corrected chi connectivity index (χ4v) is 5.06. The largest absolute Gasteiger partial charge is 0.493 e. The summed E-state index contributed by atoms with van der Waals surface area (Å²) >= 11 is 0. The number of piperidine rings is 1. The molecule has 0 radical (unpaired) electrons. The summed E-state index contributed by atoms with van der Waals surface area (Å²) in [7, 11) is 0. The average molecular weight is 476 g/mol. The molecule has 0 amide bonds. The van der Waals surface area contributed by atoms with Gasteiger partial charge in [0.2, 0.25) is 0 Å². The summed E-state index contributed by atoms with van der Waals surface area (Å²) in [5.41, 5.74) is 2.50. The van der Waals surface area contributed by atoms with Gasteiger partial charge in [0.05, 0.1) is 25.9 Å². The second-order valence-electron chi connectivity index (χ2n) is 9.57. The van der Waals surface area contributed by atoms with Crippen LogP contribution < -0.4 is 10.1 Å². The maximum Gasteiger partial charge on any atom is 0.157 e. The number of ether oxygens (including phenoxy) is 4. The first-order chi connectivity index (χ1) is 17.3. The molecule has 1 N–H and O–H groups in total. The molecule has 3 aromatic rings. The van der Waals surface area contributed by atoms with Crippen LogP contribution in [0.25, 0.3) is 10.8 Å². The zero-order valence-corrected chi connectivity index (χ0v) is 20.5. The molecular formula is C30H37NO4. The van der Waals surface area contributed by atoms with Crippen LogP contribution in [0.4, 0.5) is 0 Å². The van der Waals surface area contributed by atoms with E-state index in [0.29, 0.717) is 25.7 Å². The van der Waals surface area contributed by atoms with E-state index in [1.807, 2.05) is 6.07 Å². The number of hydrogen-bond donors (Lipinski definition) is 1. The van der Waals surface area contributed by atoms with Gasteiger partial charge in [0.25, 0.3) is 0 Å². The first kappa shape index (κ1) is 24.3. The van der Waals surface area contributed by atoms with Crippen molar-refractivity contribution in [2.75, 3.05) is 32.9 Å². The van der Waals surface area contributed by atoms with Crippen LogP contribution in [-0.4, -0.2) is 45.3 Å². The summed E-state index contributed by atoms with van der Waals surface area (Å²) in [6.07, 6.45) is 5.36. The lowest BCUT2D eigenvalue weighted by atomic mass is 9.87. The molecule has 2 saturated heterocycles. The Morgan fingerprint density at radius 2 is 1.80 bits per heavy atom. The Hall–Kier alpha value is -2.44. The Labute approximate surface area is 208 Å². The minimum absolute atomic E-state index is 0.0291. The lowest BCUT2D eigenvalue weighted by Gasteiger charge is -2.32. The van der Waals surface area contributed by atoms with E-state index in [1.54, 1.807) is 0 Å². The van der Waals surface area contributed by atoms with E-state index in [0.717, 1.165) is 51.1 Å². The molecule has 2 aliphatic heterocycles. The van der Waals surface area contributed by atoms with Gasteiger partial charge in [-0.3, -0.25) is 0 Å². The fraction of sp³-hybridized carbons (Fsp3) is 0.467.